The average Bonchev–Trinajstić information content (AvgIpc) is 1.79. The number of benzene rings is 5. The van der Waals surface area contributed by atoms with Gasteiger partial charge in [-0.05, 0) is 112 Å². The largest absolute Gasteiger partial charge is 0.394 e. The highest BCUT2D eigenvalue weighted by Crippen LogP contribution is 2.50. The molecule has 8 N–H and O–H groups in total. The Morgan fingerprint density at radius 2 is 0.988 bits per heavy atom. The van der Waals surface area contributed by atoms with Gasteiger partial charge in [0.25, 0.3) is 5.56 Å². The van der Waals surface area contributed by atoms with E-state index in [9.17, 15) is 88.6 Å². The lowest BCUT2D eigenvalue weighted by atomic mass is 9.99. The molecule has 85 heavy (non-hydrogen) atoms. The number of hydrogen-bond acceptors (Lipinski definition) is 12. The van der Waals surface area contributed by atoms with Crippen molar-refractivity contribution < 1.29 is 94.0 Å². The van der Waals surface area contributed by atoms with E-state index in [0.717, 1.165) is 36.4 Å². The van der Waals surface area contributed by atoms with Crippen LogP contribution in [0.4, 0.5) is 76.7 Å². The second kappa shape index (κ2) is 25.6. The number of aryl methyl sites for hydroxylation is 2. The zero-order valence-electron chi connectivity index (χ0n) is 45.1. The summed E-state index contributed by atoms with van der Waals surface area (Å²) in [5, 5.41) is 39.5. The van der Waals surface area contributed by atoms with E-state index in [1.807, 2.05) is 4.72 Å². The van der Waals surface area contributed by atoms with Gasteiger partial charge in [-0.25, -0.2) is 73.5 Å². The maximum Gasteiger partial charge on any atom is 0.255 e. The van der Waals surface area contributed by atoms with Crippen LogP contribution in [0, 0.1) is 77.8 Å². The molecule has 0 bridgehead atoms. The number of aliphatic hydroxyl groups is 4. The molecular formula is C55H56F11N5O11S3. The third kappa shape index (κ3) is 15.1. The molecule has 3 aliphatic carbocycles. The molecule has 3 aliphatic rings. The number of aromatic nitrogens is 1. The first-order valence-electron chi connectivity index (χ1n) is 25.8. The number of nitrogens with zero attached hydrogens (tertiary/aromatic N) is 1. The maximum absolute atomic E-state index is 14.6. The Kier molecular flexibility index (Phi) is 19.8. The van der Waals surface area contributed by atoms with Gasteiger partial charge in [0.05, 0.1) is 68.6 Å². The Morgan fingerprint density at radius 1 is 0.553 bits per heavy atom. The molecule has 0 radical (unpaired) electrons. The normalized spacial score (nSPS) is 15.8. The number of halogens is 11. The van der Waals surface area contributed by atoms with Crippen molar-refractivity contribution in [1.82, 2.24) is 4.57 Å². The molecule has 462 valence electrons. The van der Waals surface area contributed by atoms with Crippen LogP contribution >= 0.6 is 0 Å². The van der Waals surface area contributed by atoms with Crippen molar-refractivity contribution in [2.24, 2.45) is 7.05 Å². The molecule has 5 aromatic carbocycles. The van der Waals surface area contributed by atoms with E-state index in [-0.39, 0.29) is 95.2 Å². The van der Waals surface area contributed by atoms with Crippen LogP contribution in [0.2, 0.25) is 0 Å². The third-order valence-electron chi connectivity index (χ3n) is 14.4. The van der Waals surface area contributed by atoms with Gasteiger partial charge in [-0.2, -0.15) is 0 Å². The smallest absolute Gasteiger partial charge is 0.255 e. The molecule has 0 aliphatic heterocycles. The number of nitrogens with one attached hydrogen (secondary N) is 4. The summed E-state index contributed by atoms with van der Waals surface area (Å²) in [6.07, 6.45) is -1.26. The lowest BCUT2D eigenvalue weighted by molar-refractivity contribution is 0.0858. The highest BCUT2D eigenvalue weighted by Gasteiger charge is 2.57. The summed E-state index contributed by atoms with van der Waals surface area (Å²) in [5.41, 5.74) is -2.66. The molecule has 3 saturated carbocycles. The van der Waals surface area contributed by atoms with Crippen LogP contribution in [-0.4, -0.2) is 90.4 Å². The average molecular weight is 1270 g/mol. The summed E-state index contributed by atoms with van der Waals surface area (Å²) in [5.74, 6) is -12.6. The van der Waals surface area contributed by atoms with Crippen LogP contribution in [0.15, 0.2) is 77.7 Å². The third-order valence-corrected chi connectivity index (χ3v) is 20.7. The fraction of sp³-hybridized carbons (Fsp3) is 0.364. The number of aliphatic hydroxyl groups excluding tert-OH is 4. The molecule has 1 aromatic heterocycles. The maximum atomic E-state index is 14.6. The van der Waals surface area contributed by atoms with Crippen molar-refractivity contribution in [2.45, 2.75) is 105 Å². The monoisotopic (exact) mass is 1270 g/mol. The predicted molar refractivity (Wildman–Crippen MR) is 292 cm³/mol. The van der Waals surface area contributed by atoms with Crippen LogP contribution in [0.25, 0.3) is 0 Å². The Bertz CT molecular complexity index is 3770. The number of hydrogen-bond donors (Lipinski definition) is 8. The zero-order chi connectivity index (χ0) is 62.9. The lowest BCUT2D eigenvalue weighted by Crippen LogP contribution is -2.35. The van der Waals surface area contributed by atoms with Crippen molar-refractivity contribution >= 4 is 58.5 Å². The first kappa shape index (κ1) is 65.7. The first-order valence-corrected chi connectivity index (χ1v) is 30.3. The SMILES string of the molecule is Cc1c(Nc2ccc(F)cc2F)c(NS(=O)(=O)C2CC2)cn(C)c1=O.Cc1cc(F)c(F)c(Cc2ccc(F)cc2F)c1NS(=O)(=O)C1(CC(O)CO)CC1.O=S(=O)(Nc1c(F)cc(F)c(F)c1Cc1ccc(F)cc1F)C1(CC(O)CO)CC1. The fourth-order valence-corrected chi connectivity index (χ4v) is 14.1. The summed E-state index contributed by atoms with van der Waals surface area (Å²) in [6, 6.07) is 8.87. The van der Waals surface area contributed by atoms with E-state index in [1.165, 1.54) is 37.7 Å². The van der Waals surface area contributed by atoms with E-state index in [1.54, 1.807) is 0 Å². The molecule has 16 nitrogen and oxygen atoms in total. The van der Waals surface area contributed by atoms with Gasteiger partial charge in [-0.3, -0.25) is 19.0 Å². The van der Waals surface area contributed by atoms with Crippen LogP contribution in [0.3, 0.4) is 0 Å². The Hall–Kier alpha value is -6.83. The standard InChI is InChI=1S/C20H21F4NO4S.C19H18F5NO4S.C16H17F2N3O3S/c1-11-6-17(23)18(24)15(7-12-2-3-13(21)8-16(12)22)19(11)25-30(28,29)20(4-5-20)9-14(27)10-26;20-11-2-1-10(14(21)6-11)5-13-17(24)15(22)7-16(23)18(13)25-30(28,29)19(3-4-19)8-12(27)9-26;1-9-15(19-13-6-3-10(17)7-12(13)18)14(8-21(2)16(9)22)20-25(23,24)11-4-5-11/h2-3,6,8,14,25-27H,4-5,7,9-10H2,1H3;1-2,6-7,12,25-27H,3-5,8-9H2;3,6-8,11,19-20H,4-5H2,1-2H3. The molecule has 9 rings (SSSR count). The molecule has 6 aromatic rings. The highest BCUT2D eigenvalue weighted by atomic mass is 32.2. The summed E-state index contributed by atoms with van der Waals surface area (Å²) >= 11 is 0. The Balaban J connectivity index is 0.000000184. The molecular weight excluding hydrogens is 1210 g/mol. The molecule has 2 unspecified atom stereocenters. The molecule has 0 spiro atoms. The summed E-state index contributed by atoms with van der Waals surface area (Å²) in [7, 11) is -10.6. The number of pyridine rings is 1. The minimum absolute atomic E-state index is 0.0652. The second-order valence-electron chi connectivity index (χ2n) is 20.9. The van der Waals surface area contributed by atoms with Crippen LogP contribution in [-0.2, 0) is 50.0 Å². The Labute approximate surface area is 480 Å². The number of rotatable bonds is 21. The van der Waals surface area contributed by atoms with Crippen molar-refractivity contribution in [3.05, 3.63) is 181 Å². The van der Waals surface area contributed by atoms with Crippen LogP contribution in [0.5, 0.6) is 0 Å². The van der Waals surface area contributed by atoms with Crippen LogP contribution < -0.4 is 25.0 Å². The van der Waals surface area contributed by atoms with E-state index in [4.69, 9.17) is 10.2 Å². The van der Waals surface area contributed by atoms with E-state index in [2.05, 4.69) is 14.8 Å². The molecule has 3 fully saturated rings. The van der Waals surface area contributed by atoms with E-state index >= 15 is 0 Å². The van der Waals surface area contributed by atoms with Gasteiger partial charge in [-0.1, -0.05) is 12.1 Å². The topological polar surface area (TPSA) is 253 Å². The van der Waals surface area contributed by atoms with Crippen molar-refractivity contribution in [3.8, 4) is 0 Å². The highest BCUT2D eigenvalue weighted by molar-refractivity contribution is 7.94. The van der Waals surface area contributed by atoms with Gasteiger partial charge in [0, 0.05) is 67.0 Å². The van der Waals surface area contributed by atoms with Crippen molar-refractivity contribution in [2.75, 3.05) is 32.7 Å². The molecule has 0 amide bonds. The quantitative estimate of drug-likeness (QED) is 0.0249. The van der Waals surface area contributed by atoms with Gasteiger partial charge in [0.1, 0.15) is 34.9 Å². The van der Waals surface area contributed by atoms with Gasteiger partial charge in [0.2, 0.25) is 30.1 Å². The van der Waals surface area contributed by atoms with Gasteiger partial charge in [0.15, 0.2) is 29.1 Å². The van der Waals surface area contributed by atoms with Crippen molar-refractivity contribution in [1.29, 1.82) is 0 Å². The zero-order valence-corrected chi connectivity index (χ0v) is 47.6. The minimum atomic E-state index is -4.39. The molecule has 30 heteroatoms. The fourth-order valence-electron chi connectivity index (χ4n) is 9.14. The van der Waals surface area contributed by atoms with E-state index < -0.39 is 164 Å². The minimum Gasteiger partial charge on any atom is -0.394 e. The molecule has 2 atom stereocenters. The van der Waals surface area contributed by atoms with Gasteiger partial charge in [-0.15, -0.1) is 0 Å². The number of sulfonamides is 3. The Morgan fingerprint density at radius 3 is 1.42 bits per heavy atom. The predicted octanol–water partition coefficient (Wildman–Crippen LogP) is 8.77. The second-order valence-corrected chi connectivity index (χ2v) is 27.0. The van der Waals surface area contributed by atoms with Gasteiger partial charge >= 0.3 is 0 Å². The number of anilines is 5. The summed E-state index contributed by atoms with van der Waals surface area (Å²) in [4.78, 5) is 12.2. The lowest BCUT2D eigenvalue weighted by Gasteiger charge is -2.23. The van der Waals surface area contributed by atoms with E-state index in [0.29, 0.717) is 31.0 Å². The molecule has 1 heterocycles. The van der Waals surface area contributed by atoms with Crippen LogP contribution in [0.1, 0.15) is 84.7 Å². The summed E-state index contributed by atoms with van der Waals surface area (Å²) in [6.45, 7) is 1.57. The molecule has 0 saturated heterocycles. The summed E-state index contributed by atoms with van der Waals surface area (Å²) < 4.78 is 234. The van der Waals surface area contributed by atoms with Crippen molar-refractivity contribution in [3.63, 3.8) is 0 Å². The van der Waals surface area contributed by atoms with Gasteiger partial charge < -0.3 is 30.3 Å². The first-order chi connectivity index (χ1) is 39.7.